The van der Waals surface area contributed by atoms with Crippen LogP contribution in [0.25, 0.3) is 0 Å². The fourth-order valence-electron chi connectivity index (χ4n) is 0.499. The molecule has 0 fully saturated rings. The quantitative estimate of drug-likeness (QED) is 0.463. The first-order chi connectivity index (χ1) is 4.62. The van der Waals surface area contributed by atoms with Gasteiger partial charge in [-0.2, -0.15) is 0 Å². The molecule has 0 spiro atoms. The molecular formula is C8H12O2. The number of aliphatic hydroxyl groups is 1. The first kappa shape index (κ1) is 9.19. The second-order valence-electron chi connectivity index (χ2n) is 2.40. The van der Waals surface area contributed by atoms with Gasteiger partial charge in [0.1, 0.15) is 5.60 Å². The highest BCUT2D eigenvalue weighted by Crippen LogP contribution is 2.06. The lowest BCUT2D eigenvalue weighted by Gasteiger charge is -2.12. The second kappa shape index (κ2) is 4.08. The zero-order valence-electron chi connectivity index (χ0n) is 6.35. The Morgan fingerprint density at radius 3 is 2.70 bits per heavy atom. The molecule has 1 N–H and O–H groups in total. The van der Waals surface area contributed by atoms with E-state index < -0.39 is 5.60 Å². The Labute approximate surface area is 61.2 Å². The van der Waals surface area contributed by atoms with Gasteiger partial charge in [-0.1, -0.05) is 0 Å². The summed E-state index contributed by atoms with van der Waals surface area (Å²) in [4.78, 5) is 10.1. The van der Waals surface area contributed by atoms with E-state index in [1.165, 1.54) is 6.92 Å². The fraction of sp³-hybridized carbons (Fsp3) is 0.625. The predicted octanol–water partition coefficient (Wildman–Crippen LogP) is 0.740. The highest BCUT2D eigenvalue weighted by Gasteiger charge is 2.16. The van der Waals surface area contributed by atoms with Gasteiger partial charge in [-0.05, 0) is 20.3 Å². The highest BCUT2D eigenvalue weighted by molar-refractivity contribution is 5.61. The van der Waals surface area contributed by atoms with Crippen molar-refractivity contribution in [2.75, 3.05) is 0 Å². The van der Waals surface area contributed by atoms with Crippen molar-refractivity contribution in [3.05, 3.63) is 0 Å². The van der Waals surface area contributed by atoms with E-state index in [2.05, 4.69) is 11.8 Å². The third-order valence-electron chi connectivity index (χ3n) is 1.19. The number of rotatable bonds is 3. The topological polar surface area (TPSA) is 37.3 Å². The van der Waals surface area contributed by atoms with Gasteiger partial charge < -0.3 is 9.90 Å². The Bertz CT molecular complexity index is 160. The van der Waals surface area contributed by atoms with Crippen LogP contribution in [0.3, 0.4) is 0 Å². The monoisotopic (exact) mass is 140 g/mol. The summed E-state index contributed by atoms with van der Waals surface area (Å²) >= 11 is 0. The van der Waals surface area contributed by atoms with Crippen LogP contribution in [0.15, 0.2) is 0 Å². The molecule has 0 aromatic rings. The summed E-state index contributed by atoms with van der Waals surface area (Å²) in [6, 6.07) is 0. The molecule has 1 unspecified atom stereocenters. The molecule has 0 aromatic carbocycles. The largest absolute Gasteiger partial charge is 0.383 e. The number of carbonyl (C=O) groups excluding carboxylic acids is 1. The molecule has 0 amide bonds. The first-order valence-corrected chi connectivity index (χ1v) is 3.21. The van der Waals surface area contributed by atoms with Crippen molar-refractivity contribution >= 4 is 6.29 Å². The number of hydrogen-bond donors (Lipinski definition) is 1. The van der Waals surface area contributed by atoms with Crippen molar-refractivity contribution in [3.63, 3.8) is 0 Å². The molecule has 0 aliphatic rings. The molecule has 0 aliphatic carbocycles. The van der Waals surface area contributed by atoms with Crippen molar-refractivity contribution in [1.29, 1.82) is 0 Å². The van der Waals surface area contributed by atoms with E-state index in [9.17, 15) is 4.79 Å². The van der Waals surface area contributed by atoms with Crippen LogP contribution in [0.4, 0.5) is 0 Å². The molecule has 0 aromatic heterocycles. The van der Waals surface area contributed by atoms with Gasteiger partial charge in [0.25, 0.3) is 0 Å². The maximum atomic E-state index is 10.1. The smallest absolute Gasteiger partial charge is 0.151 e. The summed E-state index contributed by atoms with van der Waals surface area (Å²) in [6.07, 6.45) is 1.53. The maximum absolute atomic E-state index is 10.1. The second-order valence-corrected chi connectivity index (χ2v) is 2.40. The lowest BCUT2D eigenvalue weighted by molar-refractivity contribution is -0.122. The summed E-state index contributed by atoms with van der Waals surface area (Å²) < 4.78 is 0. The van der Waals surface area contributed by atoms with Crippen molar-refractivity contribution in [1.82, 2.24) is 0 Å². The van der Waals surface area contributed by atoms with Crippen LogP contribution in [0.1, 0.15) is 26.7 Å². The number of carbonyl (C=O) groups is 1. The number of aldehydes is 1. The minimum absolute atomic E-state index is 0.414. The molecule has 2 heteroatoms. The van der Waals surface area contributed by atoms with E-state index in [1.54, 1.807) is 6.92 Å². The van der Waals surface area contributed by atoms with Gasteiger partial charge in [-0.15, -0.1) is 11.8 Å². The van der Waals surface area contributed by atoms with Crippen LogP contribution >= 0.6 is 0 Å². The zero-order chi connectivity index (χ0) is 8.04. The molecule has 0 aliphatic heterocycles. The van der Waals surface area contributed by atoms with Gasteiger partial charge in [-0.25, -0.2) is 0 Å². The minimum Gasteiger partial charge on any atom is -0.383 e. The molecule has 56 valence electrons. The molecule has 10 heavy (non-hydrogen) atoms. The number of hydrogen-bond acceptors (Lipinski definition) is 2. The van der Waals surface area contributed by atoms with Crippen molar-refractivity contribution in [2.24, 2.45) is 0 Å². The summed E-state index contributed by atoms with van der Waals surface area (Å²) in [6.45, 7) is 3.22. The SMILES string of the molecule is CC#CCCC(C)(O)C=O. The summed E-state index contributed by atoms with van der Waals surface area (Å²) in [5.41, 5.74) is -1.19. The normalized spacial score (nSPS) is 14.7. The van der Waals surface area contributed by atoms with Crippen LogP contribution in [-0.4, -0.2) is 17.0 Å². The molecule has 0 heterocycles. The summed E-state index contributed by atoms with van der Waals surface area (Å²) in [5.74, 6) is 5.46. The third-order valence-corrected chi connectivity index (χ3v) is 1.19. The van der Waals surface area contributed by atoms with Gasteiger partial charge in [0.15, 0.2) is 6.29 Å². The van der Waals surface area contributed by atoms with Gasteiger partial charge >= 0.3 is 0 Å². The van der Waals surface area contributed by atoms with E-state index >= 15 is 0 Å². The molecule has 0 saturated heterocycles. The van der Waals surface area contributed by atoms with Crippen molar-refractivity contribution in [2.45, 2.75) is 32.3 Å². The molecule has 0 radical (unpaired) electrons. The Balaban J connectivity index is 3.63. The molecule has 1 atom stereocenters. The third kappa shape index (κ3) is 4.11. The average Bonchev–Trinajstić information content (AvgIpc) is 1.89. The summed E-state index contributed by atoms with van der Waals surface area (Å²) in [7, 11) is 0. The predicted molar refractivity (Wildman–Crippen MR) is 39.4 cm³/mol. The van der Waals surface area contributed by atoms with Crippen LogP contribution in [-0.2, 0) is 4.79 Å². The maximum Gasteiger partial charge on any atom is 0.151 e. The molecule has 0 bridgehead atoms. The average molecular weight is 140 g/mol. The first-order valence-electron chi connectivity index (χ1n) is 3.21. The molecule has 2 nitrogen and oxygen atoms in total. The fourth-order valence-corrected chi connectivity index (χ4v) is 0.499. The zero-order valence-corrected chi connectivity index (χ0v) is 6.35. The Kier molecular flexibility index (Phi) is 3.75. The van der Waals surface area contributed by atoms with Crippen molar-refractivity contribution in [3.8, 4) is 11.8 Å². The van der Waals surface area contributed by atoms with Gasteiger partial charge in [0.05, 0.1) is 0 Å². The Morgan fingerprint density at radius 1 is 1.70 bits per heavy atom. The van der Waals surface area contributed by atoms with E-state index in [0.717, 1.165) is 0 Å². The highest BCUT2D eigenvalue weighted by atomic mass is 16.3. The van der Waals surface area contributed by atoms with Gasteiger partial charge in [0, 0.05) is 6.42 Å². The van der Waals surface area contributed by atoms with E-state index in [-0.39, 0.29) is 0 Å². The standard InChI is InChI=1S/C8H12O2/c1-3-4-5-6-8(2,10)7-9/h7,10H,5-6H2,1-2H3. The Hall–Kier alpha value is -0.810. The molecular weight excluding hydrogens is 128 g/mol. The molecule has 0 rings (SSSR count). The van der Waals surface area contributed by atoms with E-state index in [1.807, 2.05) is 0 Å². The van der Waals surface area contributed by atoms with Crippen LogP contribution in [0.5, 0.6) is 0 Å². The van der Waals surface area contributed by atoms with Crippen molar-refractivity contribution < 1.29 is 9.90 Å². The van der Waals surface area contributed by atoms with Crippen LogP contribution in [0.2, 0.25) is 0 Å². The molecule has 0 saturated carbocycles. The lowest BCUT2D eigenvalue weighted by atomic mass is 10.0. The van der Waals surface area contributed by atoms with Crippen LogP contribution < -0.4 is 0 Å². The minimum atomic E-state index is -1.19. The van der Waals surface area contributed by atoms with Crippen LogP contribution in [0, 0.1) is 11.8 Å². The van der Waals surface area contributed by atoms with E-state index in [4.69, 9.17) is 5.11 Å². The van der Waals surface area contributed by atoms with E-state index in [0.29, 0.717) is 19.1 Å². The Morgan fingerprint density at radius 2 is 2.30 bits per heavy atom. The lowest BCUT2D eigenvalue weighted by Crippen LogP contribution is -2.25. The summed E-state index contributed by atoms with van der Waals surface area (Å²) in [5, 5.41) is 9.11. The van der Waals surface area contributed by atoms with Gasteiger partial charge in [0.2, 0.25) is 0 Å². The van der Waals surface area contributed by atoms with Gasteiger partial charge in [-0.3, -0.25) is 0 Å².